The fourth-order valence-corrected chi connectivity index (χ4v) is 2.34. The zero-order valence-corrected chi connectivity index (χ0v) is 11.6. The van der Waals surface area contributed by atoms with Crippen LogP contribution in [0.3, 0.4) is 0 Å². The predicted octanol–water partition coefficient (Wildman–Crippen LogP) is 4.26. The lowest BCUT2D eigenvalue weighted by atomic mass is 10.0. The molecular weight excluding hydrogens is 260 g/mol. The van der Waals surface area contributed by atoms with E-state index in [1.165, 1.54) is 29.6 Å². The predicted molar refractivity (Wildman–Crippen MR) is 75.5 cm³/mol. The van der Waals surface area contributed by atoms with Crippen LogP contribution in [0.5, 0.6) is 0 Å². The summed E-state index contributed by atoms with van der Waals surface area (Å²) in [5.41, 5.74) is 1.31. The van der Waals surface area contributed by atoms with Gasteiger partial charge in [-0.3, -0.25) is 10.1 Å². The van der Waals surface area contributed by atoms with Crippen molar-refractivity contribution in [2.75, 3.05) is 0 Å². The van der Waals surface area contributed by atoms with Gasteiger partial charge < -0.3 is 0 Å². The minimum atomic E-state index is -0.446. The standard InChI is InChI=1S/C14H14N2O2S/c1-10(2)11-3-6-13(7-4-11)19-14-8-5-12(9-15-14)16(17)18/h3-10H,1-2H3. The molecule has 2 rings (SSSR count). The van der Waals surface area contributed by atoms with Gasteiger partial charge in [-0.1, -0.05) is 37.7 Å². The van der Waals surface area contributed by atoms with Crippen molar-refractivity contribution in [3.05, 3.63) is 58.3 Å². The lowest BCUT2D eigenvalue weighted by Gasteiger charge is -2.06. The van der Waals surface area contributed by atoms with Crippen molar-refractivity contribution in [1.82, 2.24) is 4.98 Å². The third-order valence-corrected chi connectivity index (χ3v) is 3.66. The number of hydrogen-bond donors (Lipinski definition) is 0. The highest BCUT2D eigenvalue weighted by atomic mass is 32.2. The first-order valence-electron chi connectivity index (χ1n) is 5.94. The SMILES string of the molecule is CC(C)c1ccc(Sc2ccc([N+](=O)[O-])cn2)cc1. The summed E-state index contributed by atoms with van der Waals surface area (Å²) in [5, 5.41) is 11.3. The van der Waals surface area contributed by atoms with Crippen LogP contribution in [0.4, 0.5) is 5.69 Å². The molecular formula is C14H14N2O2S. The number of aromatic nitrogens is 1. The Morgan fingerprint density at radius 1 is 1.16 bits per heavy atom. The average Bonchev–Trinajstić information content (AvgIpc) is 2.40. The van der Waals surface area contributed by atoms with Crippen LogP contribution in [0.1, 0.15) is 25.3 Å². The molecule has 4 nitrogen and oxygen atoms in total. The molecule has 0 amide bonds. The molecule has 19 heavy (non-hydrogen) atoms. The van der Waals surface area contributed by atoms with Crippen molar-refractivity contribution >= 4 is 17.4 Å². The molecule has 0 spiro atoms. The number of rotatable bonds is 4. The molecule has 0 fully saturated rings. The largest absolute Gasteiger partial charge is 0.287 e. The zero-order valence-electron chi connectivity index (χ0n) is 10.7. The van der Waals surface area contributed by atoms with Crippen LogP contribution in [0.15, 0.2) is 52.5 Å². The Balaban J connectivity index is 2.10. The molecule has 0 saturated heterocycles. The molecule has 2 aromatic rings. The van der Waals surface area contributed by atoms with Gasteiger partial charge in [0.25, 0.3) is 5.69 Å². The first kappa shape index (κ1) is 13.5. The number of pyridine rings is 1. The number of nitrogens with zero attached hydrogens (tertiary/aromatic N) is 2. The van der Waals surface area contributed by atoms with Crippen molar-refractivity contribution in [3.8, 4) is 0 Å². The Labute approximate surface area is 116 Å². The fourth-order valence-electron chi connectivity index (χ4n) is 1.58. The first-order valence-corrected chi connectivity index (χ1v) is 6.76. The Bertz CT molecular complexity index is 565. The van der Waals surface area contributed by atoms with Crippen LogP contribution in [0.2, 0.25) is 0 Å². The maximum absolute atomic E-state index is 10.5. The number of benzene rings is 1. The fraction of sp³-hybridized carbons (Fsp3) is 0.214. The summed E-state index contributed by atoms with van der Waals surface area (Å²) in [4.78, 5) is 15.2. The number of hydrogen-bond acceptors (Lipinski definition) is 4. The Kier molecular flexibility index (Phi) is 4.16. The molecule has 0 unspecified atom stereocenters. The van der Waals surface area contributed by atoms with Gasteiger partial charge in [-0.15, -0.1) is 0 Å². The summed E-state index contributed by atoms with van der Waals surface area (Å²) in [5.74, 6) is 0.511. The molecule has 1 heterocycles. The summed E-state index contributed by atoms with van der Waals surface area (Å²) in [6, 6.07) is 11.4. The minimum Gasteiger partial charge on any atom is -0.258 e. The van der Waals surface area contributed by atoms with Gasteiger partial charge in [-0.05, 0) is 29.7 Å². The van der Waals surface area contributed by atoms with Gasteiger partial charge in [0.1, 0.15) is 11.2 Å². The smallest absolute Gasteiger partial charge is 0.258 e. The van der Waals surface area contributed by atoms with E-state index < -0.39 is 4.92 Å². The lowest BCUT2D eigenvalue weighted by molar-refractivity contribution is -0.385. The number of nitro groups is 1. The van der Waals surface area contributed by atoms with Gasteiger partial charge in [-0.25, -0.2) is 4.98 Å². The Morgan fingerprint density at radius 3 is 2.32 bits per heavy atom. The van der Waals surface area contributed by atoms with E-state index in [9.17, 15) is 10.1 Å². The summed E-state index contributed by atoms with van der Waals surface area (Å²) in [7, 11) is 0. The van der Waals surface area contributed by atoms with Crippen LogP contribution in [-0.2, 0) is 0 Å². The maximum atomic E-state index is 10.5. The summed E-state index contributed by atoms with van der Waals surface area (Å²) >= 11 is 1.49. The normalized spacial score (nSPS) is 10.7. The second-order valence-electron chi connectivity index (χ2n) is 4.44. The highest BCUT2D eigenvalue weighted by molar-refractivity contribution is 7.99. The van der Waals surface area contributed by atoms with E-state index in [0.29, 0.717) is 5.92 Å². The van der Waals surface area contributed by atoms with Gasteiger partial charge in [0, 0.05) is 11.0 Å². The van der Waals surface area contributed by atoms with E-state index in [1.54, 1.807) is 6.07 Å². The molecule has 0 bridgehead atoms. The second kappa shape index (κ2) is 5.84. The van der Waals surface area contributed by atoms with Crippen molar-refractivity contribution in [2.45, 2.75) is 29.7 Å². The van der Waals surface area contributed by atoms with Gasteiger partial charge in [0.2, 0.25) is 0 Å². The highest BCUT2D eigenvalue weighted by Gasteiger charge is 2.06. The molecule has 0 saturated carbocycles. The average molecular weight is 274 g/mol. The Hall–Kier alpha value is -1.88. The monoisotopic (exact) mass is 274 g/mol. The van der Waals surface area contributed by atoms with Gasteiger partial charge in [0.05, 0.1) is 4.92 Å². The van der Waals surface area contributed by atoms with E-state index >= 15 is 0 Å². The molecule has 0 atom stereocenters. The molecule has 0 aliphatic rings. The lowest BCUT2D eigenvalue weighted by Crippen LogP contribution is -1.89. The summed E-state index contributed by atoms with van der Waals surface area (Å²) in [6.45, 7) is 4.31. The Morgan fingerprint density at radius 2 is 1.84 bits per heavy atom. The maximum Gasteiger partial charge on any atom is 0.287 e. The molecule has 0 radical (unpaired) electrons. The van der Waals surface area contributed by atoms with Gasteiger partial charge in [0.15, 0.2) is 0 Å². The van der Waals surface area contributed by atoms with Crippen molar-refractivity contribution in [2.24, 2.45) is 0 Å². The van der Waals surface area contributed by atoms with Gasteiger partial charge >= 0.3 is 0 Å². The topological polar surface area (TPSA) is 56.0 Å². The van der Waals surface area contributed by atoms with Crippen LogP contribution < -0.4 is 0 Å². The summed E-state index contributed by atoms with van der Waals surface area (Å²) < 4.78 is 0. The molecule has 0 N–H and O–H groups in total. The van der Waals surface area contributed by atoms with Crippen molar-refractivity contribution < 1.29 is 4.92 Å². The van der Waals surface area contributed by atoms with Crippen LogP contribution >= 0.6 is 11.8 Å². The van der Waals surface area contributed by atoms with Crippen molar-refractivity contribution in [3.63, 3.8) is 0 Å². The van der Waals surface area contributed by atoms with E-state index in [2.05, 4.69) is 31.0 Å². The quantitative estimate of drug-likeness (QED) is 0.617. The van der Waals surface area contributed by atoms with Crippen LogP contribution in [0, 0.1) is 10.1 Å². The van der Waals surface area contributed by atoms with Gasteiger partial charge in [-0.2, -0.15) is 0 Å². The summed E-state index contributed by atoms with van der Waals surface area (Å²) in [6.07, 6.45) is 1.28. The van der Waals surface area contributed by atoms with Crippen LogP contribution in [-0.4, -0.2) is 9.91 Å². The van der Waals surface area contributed by atoms with E-state index in [4.69, 9.17) is 0 Å². The molecule has 1 aromatic heterocycles. The first-order chi connectivity index (χ1) is 9.06. The van der Waals surface area contributed by atoms with E-state index in [0.717, 1.165) is 9.92 Å². The van der Waals surface area contributed by atoms with Crippen molar-refractivity contribution in [1.29, 1.82) is 0 Å². The van der Waals surface area contributed by atoms with E-state index in [1.807, 2.05) is 12.1 Å². The zero-order chi connectivity index (χ0) is 13.8. The third kappa shape index (κ3) is 3.54. The molecule has 0 aliphatic carbocycles. The van der Waals surface area contributed by atoms with Crippen LogP contribution in [0.25, 0.3) is 0 Å². The molecule has 5 heteroatoms. The molecule has 98 valence electrons. The minimum absolute atomic E-state index is 0.0134. The van der Waals surface area contributed by atoms with E-state index in [-0.39, 0.29) is 5.69 Å². The second-order valence-corrected chi connectivity index (χ2v) is 5.53. The molecule has 1 aromatic carbocycles. The molecule has 0 aliphatic heterocycles. The highest BCUT2D eigenvalue weighted by Crippen LogP contribution is 2.28. The third-order valence-electron chi connectivity index (χ3n) is 2.70.